The number of benzene rings is 2. The Kier molecular flexibility index (Phi) is 3.94. The minimum Gasteiger partial charge on any atom is -0.496 e. The second-order valence-corrected chi connectivity index (χ2v) is 7.57. The van der Waals surface area contributed by atoms with Crippen LogP contribution in [0.15, 0.2) is 54.9 Å². The second kappa shape index (κ2) is 6.46. The zero-order valence-electron chi connectivity index (χ0n) is 15.2. The number of para-hydroxylation sites is 1. The van der Waals surface area contributed by atoms with Gasteiger partial charge in [-0.2, -0.15) is 0 Å². The van der Waals surface area contributed by atoms with Crippen molar-refractivity contribution in [3.05, 3.63) is 66.0 Å². The van der Waals surface area contributed by atoms with Gasteiger partial charge >= 0.3 is 0 Å². The number of ether oxygens (including phenoxy) is 1. The van der Waals surface area contributed by atoms with E-state index in [9.17, 15) is 0 Å². The van der Waals surface area contributed by atoms with Crippen LogP contribution in [0.3, 0.4) is 0 Å². The Morgan fingerprint density at radius 2 is 1.70 bits per heavy atom. The van der Waals surface area contributed by atoms with Gasteiger partial charge < -0.3 is 9.64 Å². The smallest absolute Gasteiger partial charge is 0.126 e. The first-order valence-corrected chi connectivity index (χ1v) is 9.70. The number of anilines is 1. The third kappa shape index (κ3) is 2.72. The van der Waals surface area contributed by atoms with E-state index in [1.165, 1.54) is 22.4 Å². The number of hydrogen-bond donors (Lipinski definition) is 0. The maximum absolute atomic E-state index is 5.56. The number of pyridine rings is 1. The molecular weight excluding hydrogens is 352 g/mol. The molecule has 2 aliphatic rings. The third-order valence-corrected chi connectivity index (χ3v) is 5.97. The van der Waals surface area contributed by atoms with Crippen LogP contribution in [0.2, 0.25) is 0 Å². The molecule has 0 atom stereocenters. The van der Waals surface area contributed by atoms with E-state index in [4.69, 9.17) is 17.0 Å². The molecule has 0 saturated carbocycles. The fourth-order valence-corrected chi connectivity index (χ4v) is 4.54. The van der Waals surface area contributed by atoms with E-state index in [0.29, 0.717) is 0 Å². The predicted molar refractivity (Wildman–Crippen MR) is 114 cm³/mol. The van der Waals surface area contributed by atoms with E-state index in [1.807, 2.05) is 30.6 Å². The van der Waals surface area contributed by atoms with Crippen LogP contribution in [0, 0.1) is 0 Å². The number of aromatic nitrogens is 1. The third-order valence-electron chi connectivity index (χ3n) is 5.54. The van der Waals surface area contributed by atoms with Gasteiger partial charge in [-0.1, -0.05) is 30.4 Å². The lowest BCUT2D eigenvalue weighted by atomic mass is 9.93. The molecule has 0 spiro atoms. The summed E-state index contributed by atoms with van der Waals surface area (Å²) in [6, 6.07) is 14.9. The standard InChI is InChI=1S/C23H20N2OS/c1-26-21-5-3-2-4-20(21)19-12-18(13-24-14-19)17-10-15-6-7-22(27)25-9-8-16(11-17)23(15)25/h2-5,10-14H,6-9H2,1H3. The highest BCUT2D eigenvalue weighted by atomic mass is 32.1. The van der Waals surface area contributed by atoms with Crippen molar-refractivity contribution in [2.24, 2.45) is 0 Å². The maximum atomic E-state index is 5.56. The van der Waals surface area contributed by atoms with Crippen LogP contribution in [0.5, 0.6) is 5.75 Å². The van der Waals surface area contributed by atoms with Gasteiger partial charge in [-0.3, -0.25) is 4.98 Å². The lowest BCUT2D eigenvalue weighted by Crippen LogP contribution is -2.31. The summed E-state index contributed by atoms with van der Waals surface area (Å²) in [5.41, 5.74) is 8.70. The van der Waals surface area contributed by atoms with Crippen LogP contribution in [-0.4, -0.2) is 23.6 Å². The monoisotopic (exact) mass is 372 g/mol. The largest absolute Gasteiger partial charge is 0.496 e. The molecule has 0 unspecified atom stereocenters. The highest BCUT2D eigenvalue weighted by molar-refractivity contribution is 7.80. The summed E-state index contributed by atoms with van der Waals surface area (Å²) in [7, 11) is 1.71. The van der Waals surface area contributed by atoms with Crippen molar-refractivity contribution >= 4 is 22.9 Å². The van der Waals surface area contributed by atoms with Crippen molar-refractivity contribution in [3.8, 4) is 28.0 Å². The molecule has 3 nitrogen and oxygen atoms in total. The lowest BCUT2D eigenvalue weighted by molar-refractivity contribution is 0.416. The molecule has 2 aromatic carbocycles. The molecule has 1 aromatic heterocycles. The van der Waals surface area contributed by atoms with Gasteiger partial charge in [0.25, 0.3) is 0 Å². The molecule has 5 rings (SSSR count). The van der Waals surface area contributed by atoms with Gasteiger partial charge in [0.1, 0.15) is 5.75 Å². The van der Waals surface area contributed by atoms with Crippen molar-refractivity contribution in [1.82, 2.24) is 4.98 Å². The van der Waals surface area contributed by atoms with Crippen LogP contribution in [0.1, 0.15) is 17.5 Å². The average molecular weight is 372 g/mol. The summed E-state index contributed by atoms with van der Waals surface area (Å²) in [6.45, 7) is 1.02. The fourth-order valence-electron chi connectivity index (χ4n) is 4.25. The molecule has 0 radical (unpaired) electrons. The first kappa shape index (κ1) is 16.5. The highest BCUT2D eigenvalue weighted by Crippen LogP contribution is 2.40. The molecule has 0 fully saturated rings. The van der Waals surface area contributed by atoms with Crippen molar-refractivity contribution in [1.29, 1.82) is 0 Å². The average Bonchev–Trinajstić information content (AvgIpc) is 3.16. The van der Waals surface area contributed by atoms with Crippen molar-refractivity contribution < 1.29 is 4.74 Å². The Hall–Kier alpha value is -2.72. The Balaban J connectivity index is 1.60. The number of nitrogens with zero attached hydrogens (tertiary/aromatic N) is 2. The summed E-state index contributed by atoms with van der Waals surface area (Å²) < 4.78 is 5.53. The van der Waals surface area contributed by atoms with Gasteiger partial charge in [0.05, 0.1) is 12.1 Å². The van der Waals surface area contributed by atoms with E-state index in [0.717, 1.165) is 53.2 Å². The molecule has 134 valence electrons. The molecule has 2 aliphatic heterocycles. The van der Waals surface area contributed by atoms with Crippen molar-refractivity contribution in [3.63, 3.8) is 0 Å². The van der Waals surface area contributed by atoms with Gasteiger partial charge in [0.2, 0.25) is 0 Å². The van der Waals surface area contributed by atoms with E-state index in [2.05, 4.69) is 34.1 Å². The summed E-state index contributed by atoms with van der Waals surface area (Å²) in [5, 5.41) is 0. The highest BCUT2D eigenvalue weighted by Gasteiger charge is 2.29. The van der Waals surface area contributed by atoms with Crippen molar-refractivity contribution in [2.75, 3.05) is 18.6 Å². The van der Waals surface area contributed by atoms with E-state index in [1.54, 1.807) is 7.11 Å². The van der Waals surface area contributed by atoms with E-state index in [-0.39, 0.29) is 0 Å². The number of hydrogen-bond acceptors (Lipinski definition) is 3. The minimum absolute atomic E-state index is 0.865. The molecule has 27 heavy (non-hydrogen) atoms. The predicted octanol–water partition coefficient (Wildman–Crippen LogP) is 5.06. The molecule has 0 saturated heterocycles. The molecule has 4 heteroatoms. The normalized spacial score (nSPS) is 15.0. The summed E-state index contributed by atoms with van der Waals surface area (Å²) in [4.78, 5) is 7.94. The Morgan fingerprint density at radius 3 is 2.56 bits per heavy atom. The first-order chi connectivity index (χ1) is 13.2. The van der Waals surface area contributed by atoms with E-state index < -0.39 is 0 Å². The number of rotatable bonds is 3. The fraction of sp³-hybridized carbons (Fsp3) is 0.217. The van der Waals surface area contributed by atoms with Crippen molar-refractivity contribution in [2.45, 2.75) is 19.3 Å². The first-order valence-electron chi connectivity index (χ1n) is 9.29. The van der Waals surface area contributed by atoms with Crippen LogP contribution in [-0.2, 0) is 12.8 Å². The molecule has 0 N–H and O–H groups in total. The molecule has 3 heterocycles. The minimum atomic E-state index is 0.865. The van der Waals surface area contributed by atoms with E-state index >= 15 is 0 Å². The van der Waals surface area contributed by atoms with Gasteiger partial charge in [-0.05, 0) is 53.8 Å². The topological polar surface area (TPSA) is 25.4 Å². The summed E-state index contributed by atoms with van der Waals surface area (Å²) in [5.74, 6) is 0.865. The summed E-state index contributed by atoms with van der Waals surface area (Å²) >= 11 is 5.56. The van der Waals surface area contributed by atoms with Gasteiger partial charge in [-0.15, -0.1) is 0 Å². The van der Waals surface area contributed by atoms with Crippen LogP contribution in [0.4, 0.5) is 5.69 Å². The van der Waals surface area contributed by atoms with Gasteiger partial charge in [0.15, 0.2) is 0 Å². The quantitative estimate of drug-likeness (QED) is 0.600. The summed E-state index contributed by atoms with van der Waals surface area (Å²) in [6.07, 6.45) is 6.93. The molecule has 3 aromatic rings. The number of aryl methyl sites for hydroxylation is 1. The second-order valence-electron chi connectivity index (χ2n) is 7.10. The number of methoxy groups -OCH3 is 1. The molecular formula is C23H20N2OS. The number of thiocarbonyl (C=S) groups is 1. The Labute approximate surface area is 164 Å². The maximum Gasteiger partial charge on any atom is 0.126 e. The zero-order valence-corrected chi connectivity index (χ0v) is 16.1. The Morgan fingerprint density at radius 1 is 0.926 bits per heavy atom. The molecule has 0 bridgehead atoms. The van der Waals surface area contributed by atoms with Gasteiger partial charge in [0, 0.05) is 47.7 Å². The SMILES string of the molecule is COc1ccccc1-c1cncc(-c2cc3c4c(c2)CCN4C(=S)CC3)c1. The van der Waals surface area contributed by atoms with Crippen LogP contribution >= 0.6 is 12.2 Å². The Bertz CT molecular complexity index is 1060. The zero-order chi connectivity index (χ0) is 18.4. The lowest BCUT2D eigenvalue weighted by Gasteiger charge is -2.28. The van der Waals surface area contributed by atoms with Crippen LogP contribution < -0.4 is 9.64 Å². The molecule has 0 aliphatic carbocycles. The van der Waals surface area contributed by atoms with Crippen LogP contribution in [0.25, 0.3) is 22.3 Å². The molecule has 0 amide bonds. The van der Waals surface area contributed by atoms with Gasteiger partial charge in [-0.25, -0.2) is 0 Å².